The number of ether oxygens (including phenoxy) is 3. The van der Waals surface area contributed by atoms with Crippen molar-refractivity contribution in [1.82, 2.24) is 0 Å². The molecule has 0 fully saturated rings. The second-order valence-electron chi connectivity index (χ2n) is 4.82. The maximum Gasteiger partial charge on any atom is 0.203 e. The molecule has 0 spiro atoms. The maximum absolute atomic E-state index is 9.29. The number of nitrogens with zero attached hydrogens (tertiary/aromatic N) is 1. The predicted molar refractivity (Wildman–Crippen MR) is 85.8 cm³/mol. The van der Waals surface area contributed by atoms with Crippen molar-refractivity contribution in [3.63, 3.8) is 0 Å². The fourth-order valence-corrected chi connectivity index (χ4v) is 2.82. The molecule has 0 unspecified atom stereocenters. The molecule has 3 rings (SSSR count). The fourth-order valence-electron chi connectivity index (χ4n) is 2.82. The number of methoxy groups -OCH3 is 3. The highest BCUT2D eigenvalue weighted by Gasteiger charge is 2.18. The normalized spacial score (nSPS) is 10.5. The zero-order valence-corrected chi connectivity index (χ0v) is 12.6. The Kier molecular flexibility index (Phi) is 3.48. The molecule has 0 N–H and O–H groups in total. The first-order valence-electron chi connectivity index (χ1n) is 6.79. The smallest absolute Gasteiger partial charge is 0.203 e. The molecule has 0 bridgehead atoms. The van der Waals surface area contributed by atoms with Gasteiger partial charge < -0.3 is 14.2 Å². The Morgan fingerprint density at radius 1 is 0.864 bits per heavy atom. The van der Waals surface area contributed by atoms with Gasteiger partial charge in [0.2, 0.25) is 5.75 Å². The highest BCUT2D eigenvalue weighted by Crippen LogP contribution is 2.46. The standard InChI is InChI=1S/C18H15NO3/c1-20-15-9-11-7-8-13-12(10-19)5-4-6-14(13)16(11)18(22-3)17(15)21-2/h4-9H,1-3H3. The molecule has 3 aromatic carbocycles. The molecule has 0 aliphatic carbocycles. The Morgan fingerprint density at radius 2 is 1.64 bits per heavy atom. The van der Waals surface area contributed by atoms with E-state index in [1.165, 1.54) is 0 Å². The van der Waals surface area contributed by atoms with Crippen LogP contribution in [-0.2, 0) is 0 Å². The Bertz CT molecular complexity index is 910. The summed E-state index contributed by atoms with van der Waals surface area (Å²) in [5.74, 6) is 1.77. The fraction of sp³-hybridized carbons (Fsp3) is 0.167. The molecular formula is C18H15NO3. The molecule has 0 aliphatic heterocycles. The van der Waals surface area contributed by atoms with E-state index in [1.54, 1.807) is 27.4 Å². The molecule has 4 heteroatoms. The summed E-state index contributed by atoms with van der Waals surface area (Å²) in [6.07, 6.45) is 0. The summed E-state index contributed by atoms with van der Waals surface area (Å²) in [6, 6.07) is 13.7. The van der Waals surface area contributed by atoms with E-state index < -0.39 is 0 Å². The summed E-state index contributed by atoms with van der Waals surface area (Å²) < 4.78 is 16.4. The van der Waals surface area contributed by atoms with E-state index in [9.17, 15) is 5.26 Å². The molecule has 0 atom stereocenters. The van der Waals surface area contributed by atoms with E-state index in [1.807, 2.05) is 30.3 Å². The first-order valence-corrected chi connectivity index (χ1v) is 6.79. The summed E-state index contributed by atoms with van der Waals surface area (Å²) >= 11 is 0. The average molecular weight is 293 g/mol. The zero-order valence-electron chi connectivity index (χ0n) is 12.6. The monoisotopic (exact) mass is 293 g/mol. The summed E-state index contributed by atoms with van der Waals surface area (Å²) in [6.45, 7) is 0. The first kappa shape index (κ1) is 14.0. The van der Waals surface area contributed by atoms with Gasteiger partial charge in [-0.05, 0) is 22.9 Å². The van der Waals surface area contributed by atoms with Crippen LogP contribution in [0.5, 0.6) is 17.2 Å². The Hall–Kier alpha value is -2.93. The molecule has 0 heterocycles. The molecule has 0 saturated carbocycles. The van der Waals surface area contributed by atoms with Crippen LogP contribution in [0.15, 0.2) is 36.4 Å². The summed E-state index contributed by atoms with van der Waals surface area (Å²) in [7, 11) is 4.78. The lowest BCUT2D eigenvalue weighted by atomic mass is 9.97. The predicted octanol–water partition coefficient (Wildman–Crippen LogP) is 3.89. The van der Waals surface area contributed by atoms with Crippen LogP contribution in [0.4, 0.5) is 0 Å². The van der Waals surface area contributed by atoms with Crippen molar-refractivity contribution in [1.29, 1.82) is 5.26 Å². The minimum absolute atomic E-state index is 0.548. The van der Waals surface area contributed by atoms with E-state index in [4.69, 9.17) is 14.2 Å². The first-order chi connectivity index (χ1) is 10.7. The zero-order chi connectivity index (χ0) is 15.7. The van der Waals surface area contributed by atoms with Crippen LogP contribution in [0.1, 0.15) is 5.56 Å². The molecule has 0 aromatic heterocycles. The van der Waals surface area contributed by atoms with Crippen LogP contribution in [0.2, 0.25) is 0 Å². The van der Waals surface area contributed by atoms with E-state index in [0.29, 0.717) is 22.8 Å². The van der Waals surface area contributed by atoms with Gasteiger partial charge in [-0.3, -0.25) is 0 Å². The van der Waals surface area contributed by atoms with E-state index in [2.05, 4.69) is 6.07 Å². The lowest BCUT2D eigenvalue weighted by molar-refractivity contribution is 0.327. The van der Waals surface area contributed by atoms with Crippen LogP contribution in [0.3, 0.4) is 0 Å². The Balaban J connectivity index is 2.55. The molecule has 3 aromatic rings. The van der Waals surface area contributed by atoms with Crippen molar-refractivity contribution in [3.05, 3.63) is 42.0 Å². The summed E-state index contributed by atoms with van der Waals surface area (Å²) in [5, 5.41) is 13.0. The number of rotatable bonds is 3. The number of hydrogen-bond acceptors (Lipinski definition) is 4. The van der Waals surface area contributed by atoms with Crippen molar-refractivity contribution < 1.29 is 14.2 Å². The van der Waals surface area contributed by atoms with Crippen LogP contribution in [-0.4, -0.2) is 21.3 Å². The quantitative estimate of drug-likeness (QED) is 0.687. The lowest BCUT2D eigenvalue weighted by Crippen LogP contribution is -1.96. The largest absolute Gasteiger partial charge is 0.493 e. The van der Waals surface area contributed by atoms with Crippen LogP contribution in [0.25, 0.3) is 21.5 Å². The van der Waals surface area contributed by atoms with Gasteiger partial charge in [-0.25, -0.2) is 0 Å². The average Bonchev–Trinajstić information content (AvgIpc) is 2.58. The second kappa shape index (κ2) is 5.45. The number of hydrogen-bond donors (Lipinski definition) is 0. The van der Waals surface area contributed by atoms with Gasteiger partial charge in [0.1, 0.15) is 0 Å². The molecule has 0 amide bonds. The highest BCUT2D eigenvalue weighted by atomic mass is 16.5. The van der Waals surface area contributed by atoms with E-state index in [-0.39, 0.29) is 0 Å². The molecular weight excluding hydrogens is 278 g/mol. The van der Waals surface area contributed by atoms with Gasteiger partial charge in [0.05, 0.1) is 33.0 Å². The van der Waals surface area contributed by atoms with Crippen molar-refractivity contribution in [3.8, 4) is 23.3 Å². The summed E-state index contributed by atoms with van der Waals surface area (Å²) in [5.41, 5.74) is 0.635. The third kappa shape index (κ3) is 1.91. The van der Waals surface area contributed by atoms with Crippen LogP contribution < -0.4 is 14.2 Å². The van der Waals surface area contributed by atoms with Gasteiger partial charge in [0, 0.05) is 10.8 Å². The molecule has 4 nitrogen and oxygen atoms in total. The van der Waals surface area contributed by atoms with Gasteiger partial charge in [-0.2, -0.15) is 5.26 Å². The molecule has 22 heavy (non-hydrogen) atoms. The number of benzene rings is 3. The minimum Gasteiger partial charge on any atom is -0.493 e. The van der Waals surface area contributed by atoms with Gasteiger partial charge >= 0.3 is 0 Å². The Morgan fingerprint density at radius 3 is 2.27 bits per heavy atom. The number of nitriles is 1. The molecule has 0 aliphatic rings. The highest BCUT2D eigenvalue weighted by molar-refractivity contribution is 6.13. The third-order valence-corrected chi connectivity index (χ3v) is 3.79. The molecule has 110 valence electrons. The van der Waals surface area contributed by atoms with Crippen molar-refractivity contribution in [2.24, 2.45) is 0 Å². The molecule has 0 radical (unpaired) electrons. The number of fused-ring (bicyclic) bond motifs is 3. The third-order valence-electron chi connectivity index (χ3n) is 3.79. The molecule has 0 saturated heterocycles. The van der Waals surface area contributed by atoms with Gasteiger partial charge in [-0.1, -0.05) is 24.3 Å². The topological polar surface area (TPSA) is 51.5 Å². The maximum atomic E-state index is 9.29. The van der Waals surface area contributed by atoms with Gasteiger partial charge in [-0.15, -0.1) is 0 Å². The van der Waals surface area contributed by atoms with Gasteiger partial charge in [0.15, 0.2) is 11.5 Å². The summed E-state index contributed by atoms with van der Waals surface area (Å²) in [4.78, 5) is 0. The van der Waals surface area contributed by atoms with Crippen LogP contribution in [0, 0.1) is 11.3 Å². The van der Waals surface area contributed by atoms with Gasteiger partial charge in [0.25, 0.3) is 0 Å². The minimum atomic E-state index is 0.548. The van der Waals surface area contributed by atoms with Crippen molar-refractivity contribution >= 4 is 21.5 Å². The second-order valence-corrected chi connectivity index (χ2v) is 4.82. The van der Waals surface area contributed by atoms with E-state index >= 15 is 0 Å². The van der Waals surface area contributed by atoms with Crippen molar-refractivity contribution in [2.45, 2.75) is 0 Å². The SMILES string of the molecule is COc1cc2ccc3c(C#N)cccc3c2c(OC)c1OC. The lowest BCUT2D eigenvalue weighted by Gasteiger charge is -2.16. The Labute approximate surface area is 128 Å². The van der Waals surface area contributed by atoms with E-state index in [0.717, 1.165) is 21.5 Å². The van der Waals surface area contributed by atoms with Crippen LogP contribution >= 0.6 is 0 Å². The van der Waals surface area contributed by atoms with Crippen molar-refractivity contribution in [2.75, 3.05) is 21.3 Å².